The molecule has 0 aliphatic carbocycles. The normalized spacial score (nSPS) is 10.6. The SMILES string of the molecule is N#Cc1ccc(CN(CCO)Cc2ccccc2)c(Cl)c1. The van der Waals surface area contributed by atoms with Gasteiger partial charge in [0.15, 0.2) is 0 Å². The summed E-state index contributed by atoms with van der Waals surface area (Å²) in [5.74, 6) is 0. The van der Waals surface area contributed by atoms with Crippen LogP contribution >= 0.6 is 11.6 Å². The molecule has 2 aromatic carbocycles. The van der Waals surface area contributed by atoms with Gasteiger partial charge in [-0.25, -0.2) is 0 Å². The summed E-state index contributed by atoms with van der Waals surface area (Å²) in [5.41, 5.74) is 2.70. The van der Waals surface area contributed by atoms with Crippen LogP contribution in [0.25, 0.3) is 0 Å². The number of aliphatic hydroxyl groups is 1. The second kappa shape index (κ2) is 7.80. The van der Waals surface area contributed by atoms with Crippen molar-refractivity contribution in [1.29, 1.82) is 5.26 Å². The van der Waals surface area contributed by atoms with Crippen LogP contribution in [0.2, 0.25) is 5.02 Å². The first-order chi connectivity index (χ1) is 10.2. The molecule has 0 unspecified atom stereocenters. The second-order valence-electron chi connectivity index (χ2n) is 4.84. The van der Waals surface area contributed by atoms with Crippen molar-refractivity contribution in [2.45, 2.75) is 13.1 Å². The molecule has 108 valence electrons. The van der Waals surface area contributed by atoms with Crippen molar-refractivity contribution < 1.29 is 5.11 Å². The van der Waals surface area contributed by atoms with Crippen LogP contribution in [0.5, 0.6) is 0 Å². The Balaban J connectivity index is 2.11. The largest absolute Gasteiger partial charge is 0.395 e. The molecule has 0 aliphatic rings. The van der Waals surface area contributed by atoms with Gasteiger partial charge in [0.05, 0.1) is 18.2 Å². The minimum Gasteiger partial charge on any atom is -0.395 e. The fourth-order valence-electron chi connectivity index (χ4n) is 2.18. The molecule has 4 heteroatoms. The number of hydrogen-bond acceptors (Lipinski definition) is 3. The van der Waals surface area contributed by atoms with Crippen LogP contribution in [0.3, 0.4) is 0 Å². The Hall–Kier alpha value is -1.86. The van der Waals surface area contributed by atoms with E-state index in [9.17, 15) is 5.11 Å². The fourth-order valence-corrected chi connectivity index (χ4v) is 2.42. The van der Waals surface area contributed by atoms with E-state index in [1.54, 1.807) is 12.1 Å². The maximum Gasteiger partial charge on any atom is 0.0992 e. The number of halogens is 1. The second-order valence-corrected chi connectivity index (χ2v) is 5.25. The average molecular weight is 301 g/mol. The minimum absolute atomic E-state index is 0.0979. The molecular weight excluding hydrogens is 284 g/mol. The van der Waals surface area contributed by atoms with Gasteiger partial charge in [-0.15, -0.1) is 0 Å². The topological polar surface area (TPSA) is 47.3 Å². The number of rotatable bonds is 6. The van der Waals surface area contributed by atoms with E-state index in [2.05, 4.69) is 23.1 Å². The minimum atomic E-state index is 0.0979. The van der Waals surface area contributed by atoms with Gasteiger partial charge in [-0.1, -0.05) is 48.0 Å². The van der Waals surface area contributed by atoms with Crippen LogP contribution in [0.1, 0.15) is 16.7 Å². The predicted octanol–water partition coefficient (Wildman–Crippen LogP) is 3.21. The summed E-state index contributed by atoms with van der Waals surface area (Å²) < 4.78 is 0. The van der Waals surface area contributed by atoms with E-state index < -0.39 is 0 Å². The third kappa shape index (κ3) is 4.57. The van der Waals surface area contributed by atoms with Crippen LogP contribution in [0, 0.1) is 11.3 Å². The molecule has 2 aromatic rings. The van der Waals surface area contributed by atoms with Crippen molar-refractivity contribution in [3.8, 4) is 6.07 Å². The summed E-state index contributed by atoms with van der Waals surface area (Å²) in [6.07, 6.45) is 0. The van der Waals surface area contributed by atoms with E-state index >= 15 is 0 Å². The van der Waals surface area contributed by atoms with Gasteiger partial charge in [0.25, 0.3) is 0 Å². The monoisotopic (exact) mass is 300 g/mol. The molecule has 0 saturated heterocycles. The van der Waals surface area contributed by atoms with Crippen molar-refractivity contribution in [3.05, 3.63) is 70.2 Å². The summed E-state index contributed by atoms with van der Waals surface area (Å²) in [5, 5.41) is 18.7. The summed E-state index contributed by atoms with van der Waals surface area (Å²) in [6.45, 7) is 2.06. The quantitative estimate of drug-likeness (QED) is 0.891. The highest BCUT2D eigenvalue weighted by Crippen LogP contribution is 2.20. The van der Waals surface area contributed by atoms with Gasteiger partial charge in [0.1, 0.15) is 0 Å². The van der Waals surface area contributed by atoms with Crippen LogP contribution in [0.4, 0.5) is 0 Å². The average Bonchev–Trinajstić information content (AvgIpc) is 2.50. The molecule has 21 heavy (non-hydrogen) atoms. The lowest BCUT2D eigenvalue weighted by molar-refractivity contribution is 0.184. The van der Waals surface area contributed by atoms with Crippen LogP contribution in [0.15, 0.2) is 48.5 Å². The number of aliphatic hydroxyl groups excluding tert-OH is 1. The Morgan fingerprint density at radius 3 is 2.48 bits per heavy atom. The highest BCUT2D eigenvalue weighted by atomic mass is 35.5. The van der Waals surface area contributed by atoms with E-state index in [4.69, 9.17) is 16.9 Å². The Labute approximate surface area is 130 Å². The number of nitriles is 1. The van der Waals surface area contributed by atoms with E-state index in [1.807, 2.05) is 24.3 Å². The van der Waals surface area contributed by atoms with Crippen molar-refractivity contribution >= 4 is 11.6 Å². The Bertz CT molecular complexity index is 622. The highest BCUT2D eigenvalue weighted by molar-refractivity contribution is 6.31. The molecule has 0 radical (unpaired) electrons. The molecule has 1 N–H and O–H groups in total. The van der Waals surface area contributed by atoms with Gasteiger partial charge in [-0.05, 0) is 23.3 Å². The molecule has 0 fully saturated rings. The summed E-state index contributed by atoms with van der Waals surface area (Å²) in [7, 11) is 0. The van der Waals surface area contributed by atoms with E-state index in [0.29, 0.717) is 23.7 Å². The van der Waals surface area contributed by atoms with E-state index in [0.717, 1.165) is 12.1 Å². The van der Waals surface area contributed by atoms with Crippen molar-refractivity contribution in [2.75, 3.05) is 13.2 Å². The van der Waals surface area contributed by atoms with Crippen LogP contribution in [-0.2, 0) is 13.1 Å². The van der Waals surface area contributed by atoms with Gasteiger partial charge in [-0.3, -0.25) is 4.90 Å². The van der Waals surface area contributed by atoms with Crippen molar-refractivity contribution in [2.24, 2.45) is 0 Å². The molecular formula is C17H17ClN2O. The predicted molar refractivity (Wildman–Crippen MR) is 83.8 cm³/mol. The molecule has 0 heterocycles. The Morgan fingerprint density at radius 1 is 1.10 bits per heavy atom. The lowest BCUT2D eigenvalue weighted by Gasteiger charge is -2.22. The van der Waals surface area contributed by atoms with E-state index in [-0.39, 0.29) is 6.61 Å². The van der Waals surface area contributed by atoms with Gasteiger partial charge in [0, 0.05) is 24.7 Å². The molecule has 0 amide bonds. The molecule has 3 nitrogen and oxygen atoms in total. The third-order valence-electron chi connectivity index (χ3n) is 3.24. The molecule has 0 bridgehead atoms. The zero-order chi connectivity index (χ0) is 15.1. The van der Waals surface area contributed by atoms with Crippen molar-refractivity contribution in [1.82, 2.24) is 4.90 Å². The maximum atomic E-state index is 9.23. The molecule has 0 aromatic heterocycles. The molecule has 0 aliphatic heterocycles. The first-order valence-corrected chi connectivity index (χ1v) is 7.16. The third-order valence-corrected chi connectivity index (χ3v) is 3.59. The van der Waals surface area contributed by atoms with Crippen LogP contribution < -0.4 is 0 Å². The standard InChI is InChI=1S/C17H17ClN2O/c18-17-10-15(11-19)6-7-16(17)13-20(8-9-21)12-14-4-2-1-3-5-14/h1-7,10,21H,8-9,12-13H2. The highest BCUT2D eigenvalue weighted by Gasteiger charge is 2.09. The molecule has 2 rings (SSSR count). The van der Waals surface area contributed by atoms with Gasteiger partial charge in [0.2, 0.25) is 0 Å². The number of hydrogen-bond donors (Lipinski definition) is 1. The maximum absolute atomic E-state index is 9.23. The Morgan fingerprint density at radius 2 is 1.86 bits per heavy atom. The lowest BCUT2D eigenvalue weighted by Crippen LogP contribution is -2.26. The van der Waals surface area contributed by atoms with Gasteiger partial charge >= 0.3 is 0 Å². The molecule has 0 spiro atoms. The first-order valence-electron chi connectivity index (χ1n) is 6.78. The Kier molecular flexibility index (Phi) is 5.77. The van der Waals surface area contributed by atoms with Gasteiger partial charge in [-0.2, -0.15) is 5.26 Å². The summed E-state index contributed by atoms with van der Waals surface area (Å²) in [6, 6.07) is 17.5. The summed E-state index contributed by atoms with van der Waals surface area (Å²) >= 11 is 6.22. The number of benzene rings is 2. The lowest BCUT2D eigenvalue weighted by atomic mass is 10.1. The van der Waals surface area contributed by atoms with Gasteiger partial charge < -0.3 is 5.11 Å². The van der Waals surface area contributed by atoms with Crippen LogP contribution in [-0.4, -0.2) is 23.2 Å². The fraction of sp³-hybridized carbons (Fsp3) is 0.235. The first kappa shape index (κ1) is 15.5. The smallest absolute Gasteiger partial charge is 0.0992 e. The van der Waals surface area contributed by atoms with Crippen molar-refractivity contribution in [3.63, 3.8) is 0 Å². The van der Waals surface area contributed by atoms with E-state index in [1.165, 1.54) is 5.56 Å². The zero-order valence-electron chi connectivity index (χ0n) is 11.7. The zero-order valence-corrected chi connectivity index (χ0v) is 12.4. The summed E-state index contributed by atoms with van der Waals surface area (Å²) in [4.78, 5) is 2.13. The molecule has 0 atom stereocenters. The number of nitrogens with zero attached hydrogens (tertiary/aromatic N) is 2. The molecule has 0 saturated carbocycles.